The van der Waals surface area contributed by atoms with E-state index in [0.717, 1.165) is 13.1 Å². The fourth-order valence-electron chi connectivity index (χ4n) is 2.99. The molecule has 2 saturated heterocycles. The van der Waals surface area contributed by atoms with Gasteiger partial charge < -0.3 is 20.6 Å². The third-order valence-corrected chi connectivity index (χ3v) is 4.63. The first-order valence-corrected chi connectivity index (χ1v) is 6.86. The highest BCUT2D eigenvalue weighted by Crippen LogP contribution is 2.35. The van der Waals surface area contributed by atoms with Crippen molar-refractivity contribution in [2.45, 2.75) is 26.7 Å². The maximum Gasteiger partial charge on any atom is 0.236 e. The number of nitrogens with two attached hydrogens (primary N) is 1. The Morgan fingerprint density at radius 1 is 1.32 bits per heavy atom. The Balaban J connectivity index is 2.22. The molecular weight excluding hydrogens is 246 g/mol. The molecule has 0 radical (unpaired) electrons. The van der Waals surface area contributed by atoms with E-state index in [2.05, 4.69) is 19.0 Å². The molecule has 6 nitrogen and oxygen atoms in total. The highest BCUT2D eigenvalue weighted by atomic mass is 16.5. The summed E-state index contributed by atoms with van der Waals surface area (Å²) in [5.41, 5.74) is 4.94. The molecule has 6 heteroatoms. The van der Waals surface area contributed by atoms with Crippen molar-refractivity contribution in [1.29, 1.82) is 0 Å². The van der Waals surface area contributed by atoms with Gasteiger partial charge in [-0.3, -0.25) is 4.79 Å². The summed E-state index contributed by atoms with van der Waals surface area (Å²) in [5.74, 6) is 0.997. The van der Waals surface area contributed by atoms with Gasteiger partial charge in [-0.05, 0) is 24.7 Å². The number of hydrogen-bond donors (Lipinski definition) is 2. The lowest BCUT2D eigenvalue weighted by Gasteiger charge is -2.37. The van der Waals surface area contributed by atoms with Crippen LogP contribution in [-0.2, 0) is 9.53 Å². The lowest BCUT2D eigenvalue weighted by Crippen LogP contribution is -2.53. The molecule has 0 spiro atoms. The Morgan fingerprint density at radius 2 is 1.84 bits per heavy atom. The molecule has 2 aliphatic rings. The number of amidine groups is 1. The van der Waals surface area contributed by atoms with Gasteiger partial charge in [-0.1, -0.05) is 19.0 Å². The van der Waals surface area contributed by atoms with Crippen LogP contribution < -0.4 is 5.73 Å². The molecule has 2 unspecified atom stereocenters. The van der Waals surface area contributed by atoms with Crippen LogP contribution in [0.5, 0.6) is 0 Å². The smallest absolute Gasteiger partial charge is 0.236 e. The molecule has 0 bridgehead atoms. The summed E-state index contributed by atoms with van der Waals surface area (Å²) in [4.78, 5) is 14.7. The molecular formula is C13H23N3O3. The van der Waals surface area contributed by atoms with Gasteiger partial charge >= 0.3 is 0 Å². The van der Waals surface area contributed by atoms with Crippen LogP contribution in [0.25, 0.3) is 0 Å². The van der Waals surface area contributed by atoms with Crippen LogP contribution in [0.15, 0.2) is 5.16 Å². The second-order valence-corrected chi connectivity index (χ2v) is 5.84. The summed E-state index contributed by atoms with van der Waals surface area (Å²) in [7, 11) is 0. The van der Waals surface area contributed by atoms with Crippen LogP contribution in [0.2, 0.25) is 0 Å². The van der Waals surface area contributed by atoms with Gasteiger partial charge in [0, 0.05) is 26.3 Å². The van der Waals surface area contributed by atoms with Crippen molar-refractivity contribution >= 4 is 11.7 Å². The van der Waals surface area contributed by atoms with Crippen LogP contribution in [-0.4, -0.2) is 48.2 Å². The van der Waals surface area contributed by atoms with Crippen LogP contribution in [0.1, 0.15) is 26.7 Å². The quantitative estimate of drug-likeness (QED) is 0.333. The number of oxime groups is 1. The van der Waals surface area contributed by atoms with E-state index in [1.165, 1.54) is 0 Å². The fraction of sp³-hybridized carbons (Fsp3) is 0.846. The van der Waals surface area contributed by atoms with E-state index in [4.69, 9.17) is 15.7 Å². The lowest BCUT2D eigenvalue weighted by atomic mass is 9.77. The molecule has 3 N–H and O–H groups in total. The highest BCUT2D eigenvalue weighted by molar-refractivity contribution is 6.06. The third-order valence-electron chi connectivity index (χ3n) is 4.63. The van der Waals surface area contributed by atoms with Crippen molar-refractivity contribution in [2.24, 2.45) is 28.1 Å². The molecule has 0 aromatic carbocycles. The highest BCUT2D eigenvalue weighted by Gasteiger charge is 2.48. The standard InChI is InChI=1S/C13H23N3O3/c1-9-7-16(8-10(9)2)12(17)13(11(14)15-18)3-5-19-6-4-13/h9-10,18H,3-8H2,1-2H3,(H2,14,15). The summed E-state index contributed by atoms with van der Waals surface area (Å²) in [6.07, 6.45) is 0.974. The average Bonchev–Trinajstić information content (AvgIpc) is 2.77. The fourth-order valence-corrected chi connectivity index (χ4v) is 2.99. The number of likely N-dealkylation sites (tertiary alicyclic amines) is 1. The maximum atomic E-state index is 12.8. The number of carbonyl (C=O) groups is 1. The minimum absolute atomic E-state index is 0.0118. The zero-order valence-electron chi connectivity index (χ0n) is 11.6. The van der Waals surface area contributed by atoms with Gasteiger partial charge in [0.25, 0.3) is 0 Å². The van der Waals surface area contributed by atoms with Crippen molar-refractivity contribution in [3.05, 3.63) is 0 Å². The molecule has 0 aliphatic carbocycles. The molecule has 0 saturated carbocycles. The Kier molecular flexibility index (Phi) is 3.99. The van der Waals surface area contributed by atoms with Gasteiger partial charge in [-0.15, -0.1) is 0 Å². The van der Waals surface area contributed by atoms with Crippen molar-refractivity contribution < 1.29 is 14.7 Å². The molecule has 2 aliphatic heterocycles. The number of amides is 1. The number of ether oxygens (including phenoxy) is 1. The Hall–Kier alpha value is -1.30. The zero-order chi connectivity index (χ0) is 14.0. The minimum atomic E-state index is -0.878. The molecule has 2 fully saturated rings. The predicted octanol–water partition coefficient (Wildman–Crippen LogP) is 0.644. The van der Waals surface area contributed by atoms with Gasteiger partial charge in [0.2, 0.25) is 5.91 Å². The van der Waals surface area contributed by atoms with E-state index < -0.39 is 5.41 Å². The van der Waals surface area contributed by atoms with Gasteiger partial charge in [-0.25, -0.2) is 0 Å². The van der Waals surface area contributed by atoms with E-state index in [0.29, 0.717) is 37.9 Å². The van der Waals surface area contributed by atoms with E-state index in [9.17, 15) is 4.79 Å². The number of carbonyl (C=O) groups excluding carboxylic acids is 1. The monoisotopic (exact) mass is 269 g/mol. The van der Waals surface area contributed by atoms with Crippen LogP contribution >= 0.6 is 0 Å². The van der Waals surface area contributed by atoms with Gasteiger partial charge in [0.05, 0.1) is 0 Å². The van der Waals surface area contributed by atoms with Gasteiger partial charge in [0.15, 0.2) is 5.84 Å². The SMILES string of the molecule is CC1CN(C(=O)C2(C(N)=NO)CCOCC2)CC1C. The summed E-state index contributed by atoms with van der Waals surface area (Å²) < 4.78 is 5.31. The van der Waals surface area contributed by atoms with E-state index in [-0.39, 0.29) is 11.7 Å². The van der Waals surface area contributed by atoms with E-state index in [1.807, 2.05) is 4.90 Å². The van der Waals surface area contributed by atoms with E-state index in [1.54, 1.807) is 0 Å². The summed E-state index contributed by atoms with van der Waals surface area (Å²) in [6, 6.07) is 0. The Labute approximate surface area is 113 Å². The number of rotatable bonds is 2. The summed E-state index contributed by atoms with van der Waals surface area (Å²) in [5, 5.41) is 12.1. The number of nitrogens with zero attached hydrogens (tertiary/aromatic N) is 2. The Bertz CT molecular complexity index is 367. The lowest BCUT2D eigenvalue weighted by molar-refractivity contribution is -0.141. The van der Waals surface area contributed by atoms with E-state index >= 15 is 0 Å². The van der Waals surface area contributed by atoms with Crippen LogP contribution in [0.4, 0.5) is 0 Å². The predicted molar refractivity (Wildman–Crippen MR) is 70.8 cm³/mol. The summed E-state index contributed by atoms with van der Waals surface area (Å²) >= 11 is 0. The summed E-state index contributed by atoms with van der Waals surface area (Å²) in [6.45, 7) is 6.75. The first-order chi connectivity index (χ1) is 9.01. The molecule has 1 amide bonds. The number of hydrogen-bond acceptors (Lipinski definition) is 4. The molecule has 0 aromatic rings. The van der Waals surface area contributed by atoms with Crippen molar-refractivity contribution in [3.8, 4) is 0 Å². The zero-order valence-corrected chi connectivity index (χ0v) is 11.6. The van der Waals surface area contributed by atoms with Gasteiger partial charge in [-0.2, -0.15) is 0 Å². The first-order valence-electron chi connectivity index (χ1n) is 6.86. The largest absolute Gasteiger partial charge is 0.409 e. The molecule has 19 heavy (non-hydrogen) atoms. The second kappa shape index (κ2) is 5.36. The molecule has 108 valence electrons. The van der Waals surface area contributed by atoms with Crippen LogP contribution in [0, 0.1) is 17.3 Å². The minimum Gasteiger partial charge on any atom is -0.409 e. The van der Waals surface area contributed by atoms with Crippen LogP contribution in [0.3, 0.4) is 0 Å². The van der Waals surface area contributed by atoms with Crippen molar-refractivity contribution in [3.63, 3.8) is 0 Å². The normalized spacial score (nSPS) is 31.5. The van der Waals surface area contributed by atoms with Gasteiger partial charge in [0.1, 0.15) is 5.41 Å². The average molecular weight is 269 g/mol. The third kappa shape index (κ3) is 2.41. The molecule has 2 atom stereocenters. The second-order valence-electron chi connectivity index (χ2n) is 5.84. The topological polar surface area (TPSA) is 88.2 Å². The Morgan fingerprint density at radius 3 is 2.32 bits per heavy atom. The first kappa shape index (κ1) is 14.1. The van der Waals surface area contributed by atoms with Crippen molar-refractivity contribution in [1.82, 2.24) is 4.90 Å². The van der Waals surface area contributed by atoms with Crippen molar-refractivity contribution in [2.75, 3.05) is 26.3 Å². The molecule has 0 aromatic heterocycles. The maximum absolute atomic E-state index is 12.8. The molecule has 2 rings (SSSR count). The molecule has 2 heterocycles.